The van der Waals surface area contributed by atoms with Crippen LogP contribution < -0.4 is 4.90 Å². The first-order chi connectivity index (χ1) is 12.7. The van der Waals surface area contributed by atoms with E-state index in [1.165, 1.54) is 41.4 Å². The van der Waals surface area contributed by atoms with Gasteiger partial charge in [0.25, 0.3) is 5.69 Å². The number of anilines is 1. The lowest BCUT2D eigenvalue weighted by atomic mass is 10.1. The van der Waals surface area contributed by atoms with Crippen LogP contribution in [0.3, 0.4) is 0 Å². The molecule has 1 amide bonds. The van der Waals surface area contributed by atoms with Gasteiger partial charge in [0, 0.05) is 24.9 Å². The maximum absolute atomic E-state index is 12.5. The van der Waals surface area contributed by atoms with E-state index in [1.807, 2.05) is 0 Å². The van der Waals surface area contributed by atoms with Crippen molar-refractivity contribution in [1.82, 2.24) is 4.98 Å². The second kappa shape index (κ2) is 8.09. The van der Waals surface area contributed by atoms with E-state index in [1.54, 1.807) is 13.0 Å². The molecule has 2 aromatic rings. The van der Waals surface area contributed by atoms with Crippen LogP contribution in [-0.4, -0.2) is 30.5 Å². The molecule has 9 heteroatoms. The zero-order valence-electron chi connectivity index (χ0n) is 15.0. The highest BCUT2D eigenvalue weighted by Crippen LogP contribution is 2.27. The summed E-state index contributed by atoms with van der Waals surface area (Å²) in [4.78, 5) is 28.4. The summed E-state index contributed by atoms with van der Waals surface area (Å²) in [5, 5.41) is 11.0. The number of pyridine rings is 1. The Balaban J connectivity index is 2.56. The van der Waals surface area contributed by atoms with Gasteiger partial charge in [-0.25, -0.2) is 13.4 Å². The molecule has 1 aromatic heterocycles. The van der Waals surface area contributed by atoms with Crippen molar-refractivity contribution in [3.8, 4) is 0 Å². The number of carbonyl (C=O) groups is 1. The Morgan fingerprint density at radius 2 is 2.07 bits per heavy atom. The van der Waals surface area contributed by atoms with E-state index in [0.29, 0.717) is 11.1 Å². The molecule has 0 unspecified atom stereocenters. The minimum absolute atomic E-state index is 0.0286. The van der Waals surface area contributed by atoms with Crippen LogP contribution in [0, 0.1) is 10.1 Å². The van der Waals surface area contributed by atoms with E-state index < -0.39 is 14.8 Å². The summed E-state index contributed by atoms with van der Waals surface area (Å²) in [7, 11) is -3.67. The number of hydrogen-bond acceptors (Lipinski definition) is 6. The molecular formula is C18H19N3O5S. The third-order valence-electron chi connectivity index (χ3n) is 3.85. The van der Waals surface area contributed by atoms with Gasteiger partial charge < -0.3 is 4.90 Å². The molecule has 0 aliphatic rings. The molecule has 0 saturated carbocycles. The number of aromatic nitrogens is 1. The van der Waals surface area contributed by atoms with Crippen molar-refractivity contribution < 1.29 is 18.1 Å². The van der Waals surface area contributed by atoms with Crippen LogP contribution in [0.25, 0.3) is 6.08 Å². The van der Waals surface area contributed by atoms with Gasteiger partial charge >= 0.3 is 0 Å². The summed E-state index contributed by atoms with van der Waals surface area (Å²) < 4.78 is 24.1. The number of carbonyl (C=O) groups excluding carboxylic acids is 1. The van der Waals surface area contributed by atoms with Crippen molar-refractivity contribution in [2.75, 3.05) is 11.2 Å². The van der Waals surface area contributed by atoms with Crippen molar-refractivity contribution >= 4 is 33.2 Å². The molecule has 0 bridgehead atoms. The molecule has 0 radical (unpaired) electrons. The number of hydrogen-bond donors (Lipinski definition) is 0. The zero-order valence-corrected chi connectivity index (χ0v) is 15.8. The summed E-state index contributed by atoms with van der Waals surface area (Å²) in [6.07, 6.45) is 3.85. The average molecular weight is 389 g/mol. The van der Waals surface area contributed by atoms with Crippen LogP contribution in [0.2, 0.25) is 0 Å². The fourth-order valence-electron chi connectivity index (χ4n) is 2.57. The van der Waals surface area contributed by atoms with Crippen LogP contribution in [0.5, 0.6) is 0 Å². The second-order valence-corrected chi connectivity index (χ2v) is 7.72. The molecule has 0 atom stereocenters. The fraction of sp³-hybridized carbons (Fsp3) is 0.222. The maximum atomic E-state index is 12.5. The summed E-state index contributed by atoms with van der Waals surface area (Å²) in [6.45, 7) is 5.17. The first-order valence-corrected chi connectivity index (χ1v) is 9.93. The van der Waals surface area contributed by atoms with E-state index in [2.05, 4.69) is 11.6 Å². The van der Waals surface area contributed by atoms with Crippen LogP contribution >= 0.6 is 0 Å². The van der Waals surface area contributed by atoms with Crippen LogP contribution in [0.4, 0.5) is 11.4 Å². The fourth-order valence-corrected chi connectivity index (χ4v) is 3.38. The summed E-state index contributed by atoms with van der Waals surface area (Å²) in [5.74, 6) is -0.330. The van der Waals surface area contributed by atoms with Crippen LogP contribution in [-0.2, 0) is 21.2 Å². The molecule has 142 valence electrons. The van der Waals surface area contributed by atoms with Crippen molar-refractivity contribution in [3.63, 3.8) is 0 Å². The number of nitro benzene ring substituents is 1. The quantitative estimate of drug-likeness (QED) is 0.532. The van der Waals surface area contributed by atoms with Crippen LogP contribution in [0.15, 0.2) is 48.1 Å². The molecule has 0 aliphatic carbocycles. The normalized spacial score (nSPS) is 11.0. The smallest absolute Gasteiger partial charge is 0.276 e. The van der Waals surface area contributed by atoms with Gasteiger partial charge in [-0.3, -0.25) is 14.9 Å². The minimum Gasteiger partial charge on any atom is -0.305 e. The van der Waals surface area contributed by atoms with Crippen molar-refractivity contribution in [1.29, 1.82) is 0 Å². The maximum Gasteiger partial charge on any atom is 0.276 e. The average Bonchev–Trinajstić information content (AvgIpc) is 2.64. The molecule has 0 saturated heterocycles. The molecule has 0 spiro atoms. The molecule has 0 fully saturated rings. The number of nitro groups is 1. The molecule has 27 heavy (non-hydrogen) atoms. The lowest BCUT2D eigenvalue weighted by Crippen LogP contribution is -2.31. The van der Waals surface area contributed by atoms with E-state index in [9.17, 15) is 23.3 Å². The standard InChI is InChI=1S/C18H19N3O5S/c1-4-14-9-8-13(11-16(14)21(23)24)12-20(17(22)5-2)15-7-6-10-19-18(15)27(3,25)26/h4,6-11H,1,5,12H2,2-3H3. The highest BCUT2D eigenvalue weighted by atomic mass is 32.2. The third kappa shape index (κ3) is 4.56. The predicted molar refractivity (Wildman–Crippen MR) is 102 cm³/mol. The predicted octanol–water partition coefficient (Wildman–Crippen LogP) is 2.98. The molecule has 2 rings (SSSR count). The summed E-state index contributed by atoms with van der Waals surface area (Å²) >= 11 is 0. The Labute approximate surface area is 157 Å². The van der Waals surface area contributed by atoms with Gasteiger partial charge in [0.05, 0.1) is 22.7 Å². The van der Waals surface area contributed by atoms with Gasteiger partial charge in [-0.2, -0.15) is 0 Å². The number of sulfone groups is 1. The lowest BCUT2D eigenvalue weighted by molar-refractivity contribution is -0.385. The van der Waals surface area contributed by atoms with Gasteiger partial charge in [-0.15, -0.1) is 0 Å². The highest BCUT2D eigenvalue weighted by molar-refractivity contribution is 7.90. The Morgan fingerprint density at radius 3 is 2.63 bits per heavy atom. The van der Waals surface area contributed by atoms with Crippen molar-refractivity contribution in [3.05, 3.63) is 64.3 Å². The Morgan fingerprint density at radius 1 is 1.37 bits per heavy atom. The van der Waals surface area contributed by atoms with E-state index in [-0.39, 0.29) is 35.3 Å². The molecule has 1 aromatic carbocycles. The number of amides is 1. The Bertz CT molecular complexity index is 1000. The van der Waals surface area contributed by atoms with E-state index in [4.69, 9.17) is 0 Å². The molecular weight excluding hydrogens is 370 g/mol. The summed E-state index contributed by atoms with van der Waals surface area (Å²) in [5.41, 5.74) is 0.843. The van der Waals surface area contributed by atoms with E-state index in [0.717, 1.165) is 6.26 Å². The first-order valence-electron chi connectivity index (χ1n) is 8.04. The largest absolute Gasteiger partial charge is 0.305 e. The van der Waals surface area contributed by atoms with Gasteiger partial charge in [-0.1, -0.05) is 25.6 Å². The SMILES string of the molecule is C=Cc1ccc(CN(C(=O)CC)c2cccnc2S(C)(=O)=O)cc1[N+](=O)[O-]. The number of benzene rings is 1. The molecule has 0 N–H and O–H groups in total. The summed E-state index contributed by atoms with van der Waals surface area (Å²) in [6, 6.07) is 7.54. The number of rotatable bonds is 7. The van der Waals surface area contributed by atoms with Gasteiger partial charge in [0.2, 0.25) is 5.91 Å². The van der Waals surface area contributed by atoms with Gasteiger partial charge in [0.1, 0.15) is 0 Å². The van der Waals surface area contributed by atoms with E-state index >= 15 is 0 Å². The number of nitrogens with zero attached hydrogens (tertiary/aromatic N) is 3. The highest BCUT2D eigenvalue weighted by Gasteiger charge is 2.24. The monoisotopic (exact) mass is 389 g/mol. The topological polar surface area (TPSA) is 110 Å². The van der Waals surface area contributed by atoms with Crippen molar-refractivity contribution in [2.24, 2.45) is 0 Å². The molecule has 8 nitrogen and oxygen atoms in total. The van der Waals surface area contributed by atoms with Gasteiger partial charge in [0.15, 0.2) is 14.9 Å². The second-order valence-electron chi connectivity index (χ2n) is 5.79. The van der Waals surface area contributed by atoms with Gasteiger partial charge in [-0.05, 0) is 23.8 Å². The Hall–Kier alpha value is -3.07. The molecule has 0 aliphatic heterocycles. The van der Waals surface area contributed by atoms with Crippen LogP contribution in [0.1, 0.15) is 24.5 Å². The first kappa shape index (κ1) is 20.2. The zero-order chi connectivity index (χ0) is 20.2. The van der Waals surface area contributed by atoms with Crippen molar-refractivity contribution in [2.45, 2.75) is 24.9 Å². The Kier molecular flexibility index (Phi) is 6.06. The minimum atomic E-state index is -3.67. The lowest BCUT2D eigenvalue weighted by Gasteiger charge is -2.24. The third-order valence-corrected chi connectivity index (χ3v) is 4.87. The molecule has 1 heterocycles.